The molecule has 70 valence electrons. The highest BCUT2D eigenvalue weighted by Gasteiger charge is 2.43. The summed E-state index contributed by atoms with van der Waals surface area (Å²) in [5.74, 6) is 0. The molecule has 12 heavy (non-hydrogen) atoms. The standard InChI is InChI=1S/C10H19NO/c1-11-7-5-10(6-8-11)4-2-3-9(10)12/h9,12H,2-8H2,1H3. The summed E-state index contributed by atoms with van der Waals surface area (Å²) < 4.78 is 0. The van der Waals surface area contributed by atoms with Crippen LogP contribution in [-0.4, -0.2) is 36.2 Å². The number of aliphatic hydroxyl groups excluding tert-OH is 1. The predicted molar refractivity (Wildman–Crippen MR) is 49.0 cm³/mol. The van der Waals surface area contributed by atoms with Crippen molar-refractivity contribution < 1.29 is 5.11 Å². The van der Waals surface area contributed by atoms with Gasteiger partial charge in [-0.1, -0.05) is 6.42 Å². The predicted octanol–water partition coefficient (Wildman–Crippen LogP) is 1.24. The summed E-state index contributed by atoms with van der Waals surface area (Å²) in [7, 11) is 2.17. The highest BCUT2D eigenvalue weighted by Crippen LogP contribution is 2.45. The van der Waals surface area contributed by atoms with Gasteiger partial charge in [0, 0.05) is 0 Å². The maximum Gasteiger partial charge on any atom is 0.0597 e. The minimum Gasteiger partial charge on any atom is -0.393 e. The van der Waals surface area contributed by atoms with Gasteiger partial charge >= 0.3 is 0 Å². The van der Waals surface area contributed by atoms with Crippen molar-refractivity contribution in [2.75, 3.05) is 20.1 Å². The molecule has 2 heteroatoms. The number of likely N-dealkylation sites (tertiary alicyclic amines) is 1. The van der Waals surface area contributed by atoms with Crippen molar-refractivity contribution in [3.63, 3.8) is 0 Å². The number of hydrogen-bond acceptors (Lipinski definition) is 2. The lowest BCUT2D eigenvalue weighted by Gasteiger charge is -2.40. The summed E-state index contributed by atoms with van der Waals surface area (Å²) in [6, 6.07) is 0. The summed E-state index contributed by atoms with van der Waals surface area (Å²) in [6.45, 7) is 2.36. The molecule has 1 N–H and O–H groups in total. The normalized spacial score (nSPS) is 36.0. The fourth-order valence-corrected chi connectivity index (χ4v) is 2.77. The molecule has 1 saturated heterocycles. The Kier molecular flexibility index (Phi) is 2.13. The van der Waals surface area contributed by atoms with Gasteiger partial charge in [-0.3, -0.25) is 0 Å². The van der Waals surface area contributed by atoms with Crippen LogP contribution in [0, 0.1) is 5.41 Å². The molecule has 0 radical (unpaired) electrons. The Morgan fingerprint density at radius 2 is 1.92 bits per heavy atom. The first kappa shape index (κ1) is 8.52. The van der Waals surface area contributed by atoms with Crippen LogP contribution in [0.25, 0.3) is 0 Å². The molecule has 0 aromatic rings. The Morgan fingerprint density at radius 1 is 1.25 bits per heavy atom. The average molecular weight is 169 g/mol. The van der Waals surface area contributed by atoms with Crippen LogP contribution in [0.15, 0.2) is 0 Å². The van der Waals surface area contributed by atoms with Crippen LogP contribution in [0.5, 0.6) is 0 Å². The van der Waals surface area contributed by atoms with Gasteiger partial charge in [0.2, 0.25) is 0 Å². The Labute approximate surface area is 74.6 Å². The van der Waals surface area contributed by atoms with E-state index in [9.17, 15) is 5.11 Å². The van der Waals surface area contributed by atoms with Crippen molar-refractivity contribution in [2.45, 2.75) is 38.2 Å². The quantitative estimate of drug-likeness (QED) is 0.590. The van der Waals surface area contributed by atoms with E-state index in [0.717, 1.165) is 6.42 Å². The van der Waals surface area contributed by atoms with Crippen molar-refractivity contribution in [2.24, 2.45) is 5.41 Å². The van der Waals surface area contributed by atoms with Gasteiger partial charge in [0.15, 0.2) is 0 Å². The van der Waals surface area contributed by atoms with Gasteiger partial charge in [0.05, 0.1) is 6.10 Å². The minimum absolute atomic E-state index is 0.00574. The van der Waals surface area contributed by atoms with Crippen molar-refractivity contribution in [1.82, 2.24) is 4.90 Å². The molecule has 0 aromatic carbocycles. The van der Waals surface area contributed by atoms with Crippen molar-refractivity contribution >= 4 is 0 Å². The molecule has 1 unspecified atom stereocenters. The molecule has 0 aromatic heterocycles. The Hall–Kier alpha value is -0.0800. The zero-order valence-corrected chi connectivity index (χ0v) is 7.92. The van der Waals surface area contributed by atoms with Gasteiger partial charge in [0.25, 0.3) is 0 Å². The Balaban J connectivity index is 2.02. The molecular weight excluding hydrogens is 150 g/mol. The number of piperidine rings is 1. The summed E-state index contributed by atoms with van der Waals surface area (Å²) in [4.78, 5) is 2.37. The minimum atomic E-state index is 0.00574. The second-order valence-corrected chi connectivity index (χ2v) is 4.57. The number of aliphatic hydroxyl groups is 1. The van der Waals surface area contributed by atoms with Crippen LogP contribution in [0.4, 0.5) is 0 Å². The van der Waals surface area contributed by atoms with Crippen molar-refractivity contribution in [3.05, 3.63) is 0 Å². The van der Waals surface area contributed by atoms with E-state index in [2.05, 4.69) is 11.9 Å². The van der Waals surface area contributed by atoms with Crippen LogP contribution in [0.1, 0.15) is 32.1 Å². The van der Waals surface area contributed by atoms with Crippen LogP contribution >= 0.6 is 0 Å². The number of hydrogen-bond donors (Lipinski definition) is 1. The van der Waals surface area contributed by atoms with Gasteiger partial charge in [-0.2, -0.15) is 0 Å². The zero-order chi connectivity index (χ0) is 8.60. The van der Waals surface area contributed by atoms with Crippen LogP contribution in [0.3, 0.4) is 0 Å². The molecule has 2 fully saturated rings. The summed E-state index contributed by atoms with van der Waals surface area (Å²) >= 11 is 0. The molecule has 1 atom stereocenters. The van der Waals surface area contributed by atoms with E-state index >= 15 is 0 Å². The lowest BCUT2D eigenvalue weighted by molar-refractivity contribution is 0.00524. The third-order valence-electron chi connectivity index (χ3n) is 3.84. The molecular formula is C10H19NO. The first-order valence-corrected chi connectivity index (χ1v) is 5.10. The number of nitrogens with zero attached hydrogens (tertiary/aromatic N) is 1. The summed E-state index contributed by atoms with van der Waals surface area (Å²) in [6.07, 6.45) is 5.98. The second-order valence-electron chi connectivity index (χ2n) is 4.57. The van der Waals surface area contributed by atoms with E-state index in [1.165, 1.54) is 38.8 Å². The highest BCUT2D eigenvalue weighted by molar-refractivity contribution is 4.95. The molecule has 1 spiro atoms. The van der Waals surface area contributed by atoms with Crippen molar-refractivity contribution in [3.8, 4) is 0 Å². The topological polar surface area (TPSA) is 23.5 Å². The van der Waals surface area contributed by atoms with Gasteiger partial charge in [-0.15, -0.1) is 0 Å². The lowest BCUT2D eigenvalue weighted by atomic mass is 9.75. The highest BCUT2D eigenvalue weighted by atomic mass is 16.3. The fourth-order valence-electron chi connectivity index (χ4n) is 2.77. The SMILES string of the molecule is CN1CCC2(CCCC2O)CC1. The van der Waals surface area contributed by atoms with Gasteiger partial charge in [0.1, 0.15) is 0 Å². The largest absolute Gasteiger partial charge is 0.393 e. The molecule has 1 aliphatic carbocycles. The van der Waals surface area contributed by atoms with E-state index in [-0.39, 0.29) is 6.10 Å². The summed E-state index contributed by atoms with van der Waals surface area (Å²) in [5, 5.41) is 9.87. The van der Waals surface area contributed by atoms with Crippen LogP contribution in [0.2, 0.25) is 0 Å². The molecule has 2 nitrogen and oxygen atoms in total. The lowest BCUT2D eigenvalue weighted by Crippen LogP contribution is -2.42. The average Bonchev–Trinajstić information content (AvgIpc) is 2.41. The molecule has 2 rings (SSSR count). The van der Waals surface area contributed by atoms with Crippen LogP contribution < -0.4 is 0 Å². The first-order chi connectivity index (χ1) is 5.73. The number of rotatable bonds is 0. The first-order valence-electron chi connectivity index (χ1n) is 5.10. The van der Waals surface area contributed by atoms with E-state index < -0.39 is 0 Å². The molecule has 1 heterocycles. The van der Waals surface area contributed by atoms with E-state index in [4.69, 9.17) is 0 Å². The molecule has 0 bridgehead atoms. The van der Waals surface area contributed by atoms with Gasteiger partial charge in [-0.05, 0) is 51.2 Å². The maximum atomic E-state index is 9.87. The summed E-state index contributed by atoms with van der Waals surface area (Å²) in [5.41, 5.74) is 0.326. The Bertz CT molecular complexity index is 161. The third-order valence-corrected chi connectivity index (χ3v) is 3.84. The third kappa shape index (κ3) is 1.27. The molecule has 0 amide bonds. The molecule has 2 aliphatic rings. The maximum absolute atomic E-state index is 9.87. The monoisotopic (exact) mass is 169 g/mol. The smallest absolute Gasteiger partial charge is 0.0597 e. The van der Waals surface area contributed by atoms with Crippen LogP contribution in [-0.2, 0) is 0 Å². The van der Waals surface area contributed by atoms with Crippen molar-refractivity contribution in [1.29, 1.82) is 0 Å². The molecule has 1 aliphatic heterocycles. The van der Waals surface area contributed by atoms with E-state index in [0.29, 0.717) is 5.41 Å². The van der Waals surface area contributed by atoms with E-state index in [1.807, 2.05) is 0 Å². The second kappa shape index (κ2) is 3.00. The van der Waals surface area contributed by atoms with Gasteiger partial charge < -0.3 is 10.0 Å². The molecule has 1 saturated carbocycles. The van der Waals surface area contributed by atoms with E-state index in [1.54, 1.807) is 0 Å². The zero-order valence-electron chi connectivity index (χ0n) is 7.92. The Morgan fingerprint density at radius 3 is 2.42 bits per heavy atom. The fraction of sp³-hybridized carbons (Fsp3) is 1.00. The van der Waals surface area contributed by atoms with Gasteiger partial charge in [-0.25, -0.2) is 0 Å².